The molecule has 0 saturated heterocycles. The summed E-state index contributed by atoms with van der Waals surface area (Å²) in [6.45, 7) is 0. The maximum Gasteiger partial charge on any atom is 0.363 e. The van der Waals surface area contributed by atoms with E-state index < -0.39 is 11.9 Å². The van der Waals surface area contributed by atoms with E-state index in [0.717, 1.165) is 4.73 Å². The average molecular weight is 261 g/mol. The van der Waals surface area contributed by atoms with Crippen molar-refractivity contribution in [1.82, 2.24) is 9.71 Å². The molecule has 7 nitrogen and oxygen atoms in total. The van der Waals surface area contributed by atoms with Crippen LogP contribution in [0.25, 0.3) is 0 Å². The van der Waals surface area contributed by atoms with Crippen molar-refractivity contribution in [2.24, 2.45) is 5.73 Å². The quantitative estimate of drug-likeness (QED) is 0.851. The fourth-order valence-corrected chi connectivity index (χ4v) is 1.42. The van der Waals surface area contributed by atoms with Gasteiger partial charge in [-0.1, -0.05) is 6.07 Å². The molecule has 1 aromatic heterocycles. The zero-order chi connectivity index (χ0) is 13.8. The van der Waals surface area contributed by atoms with Crippen LogP contribution in [-0.2, 0) is 0 Å². The standard InChI is InChI=1S/C12H11N3O4/c1-18-9-4-2-3-8(5-9)12(17)19-15-7-14-6-10(15)11(13)16/h2-7H,1H3,(H2,13,16). The second-order valence-electron chi connectivity index (χ2n) is 3.58. The van der Waals surface area contributed by atoms with E-state index in [1.54, 1.807) is 18.2 Å². The first kappa shape index (κ1) is 12.6. The van der Waals surface area contributed by atoms with Gasteiger partial charge in [0.2, 0.25) is 0 Å². The number of nitrogens with two attached hydrogens (primary N) is 1. The average Bonchev–Trinajstić information content (AvgIpc) is 2.87. The van der Waals surface area contributed by atoms with Gasteiger partial charge in [0.05, 0.1) is 18.9 Å². The van der Waals surface area contributed by atoms with Gasteiger partial charge in [0, 0.05) is 0 Å². The lowest BCUT2D eigenvalue weighted by molar-refractivity contribution is 0.0446. The molecular weight excluding hydrogens is 250 g/mol. The van der Waals surface area contributed by atoms with Gasteiger partial charge < -0.3 is 15.3 Å². The highest BCUT2D eigenvalue weighted by atomic mass is 16.7. The normalized spacial score (nSPS) is 9.95. The molecule has 0 bridgehead atoms. The number of aromatic nitrogens is 2. The number of primary amides is 1. The Kier molecular flexibility index (Phi) is 3.46. The number of methoxy groups -OCH3 is 1. The predicted molar refractivity (Wildman–Crippen MR) is 64.6 cm³/mol. The van der Waals surface area contributed by atoms with Crippen LogP contribution in [0.3, 0.4) is 0 Å². The van der Waals surface area contributed by atoms with Crippen LogP contribution in [-0.4, -0.2) is 28.7 Å². The molecule has 1 aromatic carbocycles. The minimum absolute atomic E-state index is 0.0174. The molecule has 0 radical (unpaired) electrons. The molecule has 19 heavy (non-hydrogen) atoms. The van der Waals surface area contributed by atoms with Crippen LogP contribution in [0.4, 0.5) is 0 Å². The van der Waals surface area contributed by atoms with E-state index in [2.05, 4.69) is 4.98 Å². The molecular formula is C12H11N3O4. The van der Waals surface area contributed by atoms with Gasteiger partial charge in [-0.15, -0.1) is 0 Å². The lowest BCUT2D eigenvalue weighted by Gasteiger charge is -2.07. The van der Waals surface area contributed by atoms with E-state index in [-0.39, 0.29) is 11.3 Å². The van der Waals surface area contributed by atoms with E-state index in [9.17, 15) is 9.59 Å². The third-order valence-electron chi connectivity index (χ3n) is 2.34. The number of hydrogen-bond donors (Lipinski definition) is 1. The van der Waals surface area contributed by atoms with Crippen molar-refractivity contribution in [3.8, 4) is 5.75 Å². The molecule has 7 heteroatoms. The molecule has 2 N–H and O–H groups in total. The van der Waals surface area contributed by atoms with Crippen molar-refractivity contribution in [3.63, 3.8) is 0 Å². The van der Waals surface area contributed by atoms with Crippen LogP contribution in [0.2, 0.25) is 0 Å². The lowest BCUT2D eigenvalue weighted by atomic mass is 10.2. The number of carbonyl (C=O) groups is 2. The summed E-state index contributed by atoms with van der Waals surface area (Å²) in [6, 6.07) is 6.43. The lowest BCUT2D eigenvalue weighted by Crippen LogP contribution is -2.25. The zero-order valence-electron chi connectivity index (χ0n) is 10.1. The second kappa shape index (κ2) is 5.21. The van der Waals surface area contributed by atoms with E-state index in [1.165, 1.54) is 25.7 Å². The summed E-state index contributed by atoms with van der Waals surface area (Å²) in [5, 5.41) is 0. The minimum atomic E-state index is -0.740. The van der Waals surface area contributed by atoms with Gasteiger partial charge in [-0.2, -0.15) is 4.73 Å². The van der Waals surface area contributed by atoms with Crippen molar-refractivity contribution in [1.29, 1.82) is 0 Å². The highest BCUT2D eigenvalue weighted by Gasteiger charge is 2.14. The number of benzene rings is 1. The van der Waals surface area contributed by atoms with Crippen LogP contribution < -0.4 is 15.3 Å². The van der Waals surface area contributed by atoms with Crippen LogP contribution in [0.15, 0.2) is 36.8 Å². The summed E-state index contributed by atoms with van der Waals surface area (Å²) in [4.78, 5) is 31.6. The Balaban J connectivity index is 2.20. The molecule has 0 aliphatic heterocycles. The Morgan fingerprint density at radius 3 is 2.84 bits per heavy atom. The predicted octanol–water partition coefficient (Wildman–Crippen LogP) is 0.260. The molecule has 98 valence electrons. The maximum atomic E-state index is 11.9. The van der Waals surface area contributed by atoms with Crippen molar-refractivity contribution in [2.75, 3.05) is 7.11 Å². The van der Waals surface area contributed by atoms with Crippen LogP contribution in [0.1, 0.15) is 20.8 Å². The number of nitrogens with zero attached hydrogens (tertiary/aromatic N) is 2. The van der Waals surface area contributed by atoms with Gasteiger partial charge in [-0.05, 0) is 18.2 Å². The number of amides is 1. The summed E-state index contributed by atoms with van der Waals surface area (Å²) in [6.07, 6.45) is 2.39. The second-order valence-corrected chi connectivity index (χ2v) is 3.58. The Hall–Kier alpha value is -2.83. The van der Waals surface area contributed by atoms with E-state index in [4.69, 9.17) is 15.3 Å². The Morgan fingerprint density at radius 2 is 2.16 bits per heavy atom. The van der Waals surface area contributed by atoms with Gasteiger partial charge in [-0.25, -0.2) is 9.78 Å². The van der Waals surface area contributed by atoms with E-state index >= 15 is 0 Å². The Labute approximate surface area is 108 Å². The smallest absolute Gasteiger partial charge is 0.363 e. The molecule has 0 aliphatic rings. The molecule has 2 rings (SSSR count). The minimum Gasteiger partial charge on any atom is -0.497 e. The Bertz CT molecular complexity index is 621. The van der Waals surface area contributed by atoms with Crippen LogP contribution in [0.5, 0.6) is 5.75 Å². The van der Waals surface area contributed by atoms with Gasteiger partial charge in [0.1, 0.15) is 12.1 Å². The summed E-state index contributed by atoms with van der Waals surface area (Å²) in [5.41, 5.74) is 5.37. The van der Waals surface area contributed by atoms with Crippen LogP contribution >= 0.6 is 0 Å². The van der Waals surface area contributed by atoms with Gasteiger partial charge in [-0.3, -0.25) is 4.79 Å². The monoisotopic (exact) mass is 261 g/mol. The molecule has 0 fully saturated rings. The number of ether oxygens (including phenoxy) is 1. The van der Waals surface area contributed by atoms with Gasteiger partial charge >= 0.3 is 5.97 Å². The first-order chi connectivity index (χ1) is 9.11. The SMILES string of the molecule is COc1cccc(C(=O)On2cncc2C(N)=O)c1. The van der Waals surface area contributed by atoms with Crippen molar-refractivity contribution >= 4 is 11.9 Å². The molecule has 0 atom stereocenters. The topological polar surface area (TPSA) is 96.4 Å². The van der Waals surface area contributed by atoms with Crippen LogP contribution in [0, 0.1) is 0 Å². The summed E-state index contributed by atoms with van der Waals surface area (Å²) >= 11 is 0. The molecule has 0 aliphatic carbocycles. The number of hydrogen-bond acceptors (Lipinski definition) is 5. The Morgan fingerprint density at radius 1 is 1.37 bits per heavy atom. The fraction of sp³-hybridized carbons (Fsp3) is 0.0833. The largest absolute Gasteiger partial charge is 0.497 e. The molecule has 1 amide bonds. The maximum absolute atomic E-state index is 11.9. The van der Waals surface area contributed by atoms with E-state index in [0.29, 0.717) is 5.75 Å². The number of imidazole rings is 1. The molecule has 2 aromatic rings. The van der Waals surface area contributed by atoms with Crippen molar-refractivity contribution in [3.05, 3.63) is 48.0 Å². The molecule has 0 saturated carbocycles. The number of rotatable bonds is 4. The number of carbonyl (C=O) groups excluding carboxylic acids is 2. The van der Waals surface area contributed by atoms with Crippen molar-refractivity contribution < 1.29 is 19.2 Å². The fourth-order valence-electron chi connectivity index (χ4n) is 1.42. The third kappa shape index (κ3) is 2.71. The summed E-state index contributed by atoms with van der Waals surface area (Å²) in [5.74, 6) is -0.870. The van der Waals surface area contributed by atoms with E-state index in [1.807, 2.05) is 0 Å². The first-order valence-corrected chi connectivity index (χ1v) is 5.30. The summed E-state index contributed by atoms with van der Waals surface area (Å²) < 4.78 is 5.92. The first-order valence-electron chi connectivity index (χ1n) is 5.30. The third-order valence-corrected chi connectivity index (χ3v) is 2.34. The van der Waals surface area contributed by atoms with Gasteiger partial charge in [0.15, 0.2) is 5.69 Å². The van der Waals surface area contributed by atoms with Gasteiger partial charge in [0.25, 0.3) is 5.91 Å². The zero-order valence-corrected chi connectivity index (χ0v) is 10.1. The highest BCUT2D eigenvalue weighted by molar-refractivity contribution is 5.92. The molecule has 0 spiro atoms. The van der Waals surface area contributed by atoms with Crippen molar-refractivity contribution in [2.45, 2.75) is 0 Å². The summed E-state index contributed by atoms with van der Waals surface area (Å²) in [7, 11) is 1.49. The molecule has 0 unspecified atom stereocenters. The highest BCUT2D eigenvalue weighted by Crippen LogP contribution is 2.12. The molecule has 1 heterocycles.